The van der Waals surface area contributed by atoms with Crippen LogP contribution in [-0.4, -0.2) is 53.5 Å². The summed E-state index contributed by atoms with van der Waals surface area (Å²) in [6.45, 7) is 8.93. The molecule has 1 aromatic heterocycles. The Morgan fingerprint density at radius 1 is 1.26 bits per heavy atom. The van der Waals surface area contributed by atoms with Crippen LogP contribution >= 0.6 is 0 Å². The summed E-state index contributed by atoms with van der Waals surface area (Å²) < 4.78 is 0. The number of hydrogen-bond acceptors (Lipinski definition) is 4. The van der Waals surface area contributed by atoms with Crippen molar-refractivity contribution in [3.8, 4) is 0 Å². The normalized spacial score (nSPS) is 21.5. The van der Waals surface area contributed by atoms with Crippen LogP contribution in [0.1, 0.15) is 25.3 Å². The minimum absolute atomic E-state index is 0.915. The van der Waals surface area contributed by atoms with Crippen molar-refractivity contribution in [1.82, 2.24) is 14.8 Å². The van der Waals surface area contributed by atoms with E-state index in [4.69, 9.17) is 0 Å². The van der Waals surface area contributed by atoms with Crippen LogP contribution in [0.5, 0.6) is 0 Å². The molecule has 0 radical (unpaired) electrons. The van der Waals surface area contributed by atoms with E-state index in [0.717, 1.165) is 24.9 Å². The topological polar surface area (TPSA) is 31.4 Å². The van der Waals surface area contributed by atoms with Gasteiger partial charge in [-0.05, 0) is 25.8 Å². The lowest BCUT2D eigenvalue weighted by Gasteiger charge is -2.35. The molecule has 0 spiro atoms. The molecule has 19 heavy (non-hydrogen) atoms. The van der Waals surface area contributed by atoms with Crippen LogP contribution in [0.15, 0.2) is 18.3 Å². The van der Waals surface area contributed by atoms with Crippen molar-refractivity contribution in [3.63, 3.8) is 0 Å². The molecule has 1 N–H and O–H groups in total. The summed E-state index contributed by atoms with van der Waals surface area (Å²) in [6, 6.07) is 5.15. The van der Waals surface area contributed by atoms with Crippen molar-refractivity contribution in [3.05, 3.63) is 23.9 Å². The molecule has 1 aromatic rings. The Morgan fingerprint density at radius 3 is 2.74 bits per heavy atom. The quantitative estimate of drug-likeness (QED) is 0.874. The van der Waals surface area contributed by atoms with Gasteiger partial charge in [0.15, 0.2) is 0 Å². The average molecular weight is 260 g/mol. The Hall–Kier alpha value is -1.13. The highest BCUT2D eigenvalue weighted by Crippen LogP contribution is 2.27. The van der Waals surface area contributed by atoms with Crippen LogP contribution in [0, 0.1) is 0 Å². The zero-order valence-corrected chi connectivity index (χ0v) is 11.8. The highest BCUT2D eigenvalue weighted by Gasteiger charge is 2.31. The molecular weight excluding hydrogens is 236 g/mol. The lowest BCUT2D eigenvalue weighted by atomic mass is 10.2. The van der Waals surface area contributed by atoms with Crippen LogP contribution in [0.3, 0.4) is 0 Å². The summed E-state index contributed by atoms with van der Waals surface area (Å²) >= 11 is 0. The molecule has 2 aliphatic rings. The van der Waals surface area contributed by atoms with Gasteiger partial charge in [-0.25, -0.2) is 4.98 Å². The molecule has 1 aliphatic carbocycles. The number of pyridine rings is 1. The van der Waals surface area contributed by atoms with Gasteiger partial charge < -0.3 is 5.32 Å². The van der Waals surface area contributed by atoms with E-state index in [-0.39, 0.29) is 0 Å². The molecule has 2 heterocycles. The number of aromatic nitrogens is 1. The first-order valence-corrected chi connectivity index (χ1v) is 7.51. The first kappa shape index (κ1) is 12.9. The molecule has 4 heteroatoms. The first-order chi connectivity index (χ1) is 9.36. The summed E-state index contributed by atoms with van der Waals surface area (Å²) in [5.41, 5.74) is 1.32. The van der Waals surface area contributed by atoms with Crippen molar-refractivity contribution < 1.29 is 0 Å². The van der Waals surface area contributed by atoms with Gasteiger partial charge in [0.1, 0.15) is 5.82 Å². The summed E-state index contributed by atoms with van der Waals surface area (Å²) in [6.07, 6.45) is 4.72. The highest BCUT2D eigenvalue weighted by atomic mass is 15.3. The fraction of sp³-hybridized carbons (Fsp3) is 0.667. The lowest BCUT2D eigenvalue weighted by Crippen LogP contribution is -2.46. The maximum absolute atomic E-state index is 4.44. The maximum atomic E-state index is 4.44. The van der Waals surface area contributed by atoms with Gasteiger partial charge in [0.2, 0.25) is 0 Å². The van der Waals surface area contributed by atoms with Gasteiger partial charge in [-0.1, -0.05) is 6.07 Å². The van der Waals surface area contributed by atoms with Crippen LogP contribution in [-0.2, 0) is 6.54 Å². The van der Waals surface area contributed by atoms with E-state index in [0.29, 0.717) is 0 Å². The maximum Gasteiger partial charge on any atom is 0.130 e. The average Bonchev–Trinajstić information content (AvgIpc) is 3.27. The van der Waals surface area contributed by atoms with Gasteiger partial charge in [0.05, 0.1) is 0 Å². The zero-order valence-electron chi connectivity index (χ0n) is 11.8. The van der Waals surface area contributed by atoms with Gasteiger partial charge in [0, 0.05) is 57.1 Å². The van der Waals surface area contributed by atoms with Gasteiger partial charge >= 0.3 is 0 Å². The molecule has 2 fully saturated rings. The fourth-order valence-electron chi connectivity index (χ4n) is 2.86. The largest absolute Gasteiger partial charge is 0.370 e. The van der Waals surface area contributed by atoms with E-state index in [1.165, 1.54) is 44.6 Å². The molecule has 0 amide bonds. The Balaban J connectivity index is 1.56. The van der Waals surface area contributed by atoms with Crippen molar-refractivity contribution >= 4 is 5.82 Å². The summed E-state index contributed by atoms with van der Waals surface area (Å²) in [4.78, 5) is 9.65. The number of piperazine rings is 1. The monoisotopic (exact) mass is 260 g/mol. The van der Waals surface area contributed by atoms with E-state index in [1.54, 1.807) is 0 Å². The van der Waals surface area contributed by atoms with E-state index < -0.39 is 0 Å². The number of rotatable bonds is 5. The molecule has 0 aromatic carbocycles. The number of nitrogens with one attached hydrogen (secondary N) is 1. The third-order valence-corrected chi connectivity index (χ3v) is 4.10. The third kappa shape index (κ3) is 3.25. The Bertz CT molecular complexity index is 408. The van der Waals surface area contributed by atoms with Crippen LogP contribution in [0.4, 0.5) is 5.82 Å². The van der Waals surface area contributed by atoms with Crippen molar-refractivity contribution in [2.45, 2.75) is 32.4 Å². The smallest absolute Gasteiger partial charge is 0.130 e. The highest BCUT2D eigenvalue weighted by molar-refractivity contribution is 5.43. The van der Waals surface area contributed by atoms with Crippen LogP contribution in [0.2, 0.25) is 0 Å². The lowest BCUT2D eigenvalue weighted by molar-refractivity contribution is 0.121. The summed E-state index contributed by atoms with van der Waals surface area (Å²) in [5.74, 6) is 1.05. The SMILES string of the molecule is CCNc1ncccc1CN1CCN(C2CC2)CC1. The molecule has 104 valence electrons. The Labute approximate surface area is 115 Å². The molecule has 1 saturated carbocycles. The minimum Gasteiger partial charge on any atom is -0.370 e. The summed E-state index contributed by atoms with van der Waals surface area (Å²) in [7, 11) is 0. The van der Waals surface area contributed by atoms with Crippen molar-refractivity contribution in [2.75, 3.05) is 38.0 Å². The van der Waals surface area contributed by atoms with E-state index >= 15 is 0 Å². The number of nitrogens with zero attached hydrogens (tertiary/aromatic N) is 3. The molecule has 1 aliphatic heterocycles. The Kier molecular flexibility index (Phi) is 3.99. The summed E-state index contributed by atoms with van der Waals surface area (Å²) in [5, 5.41) is 3.35. The fourth-order valence-corrected chi connectivity index (χ4v) is 2.86. The van der Waals surface area contributed by atoms with Gasteiger partial charge in [0.25, 0.3) is 0 Å². The standard InChI is InChI=1S/C15H24N4/c1-2-16-15-13(4-3-7-17-15)12-18-8-10-19(11-9-18)14-5-6-14/h3-4,7,14H,2,5-6,8-12H2,1H3,(H,16,17). The van der Waals surface area contributed by atoms with Gasteiger partial charge in [-0.2, -0.15) is 0 Å². The molecule has 0 unspecified atom stereocenters. The Morgan fingerprint density at radius 2 is 2.05 bits per heavy atom. The number of anilines is 1. The zero-order chi connectivity index (χ0) is 13.1. The van der Waals surface area contributed by atoms with Crippen molar-refractivity contribution in [1.29, 1.82) is 0 Å². The molecule has 1 saturated heterocycles. The van der Waals surface area contributed by atoms with Crippen LogP contribution in [0.25, 0.3) is 0 Å². The second-order valence-corrected chi connectivity index (χ2v) is 5.58. The molecule has 3 rings (SSSR count). The van der Waals surface area contributed by atoms with Crippen molar-refractivity contribution in [2.24, 2.45) is 0 Å². The predicted molar refractivity (Wildman–Crippen MR) is 78.3 cm³/mol. The molecule has 0 bridgehead atoms. The predicted octanol–water partition coefficient (Wildman–Crippen LogP) is 1.79. The van der Waals surface area contributed by atoms with Gasteiger partial charge in [-0.15, -0.1) is 0 Å². The second kappa shape index (κ2) is 5.88. The molecule has 4 nitrogen and oxygen atoms in total. The van der Waals surface area contributed by atoms with E-state index in [2.05, 4.69) is 33.1 Å². The van der Waals surface area contributed by atoms with E-state index in [9.17, 15) is 0 Å². The molecule has 0 atom stereocenters. The van der Waals surface area contributed by atoms with E-state index in [1.807, 2.05) is 12.3 Å². The number of hydrogen-bond donors (Lipinski definition) is 1. The first-order valence-electron chi connectivity index (χ1n) is 7.51. The minimum atomic E-state index is 0.915. The molecular formula is C15H24N4. The van der Waals surface area contributed by atoms with Crippen LogP contribution < -0.4 is 5.32 Å². The third-order valence-electron chi connectivity index (χ3n) is 4.10. The van der Waals surface area contributed by atoms with Gasteiger partial charge in [-0.3, -0.25) is 9.80 Å². The second-order valence-electron chi connectivity index (χ2n) is 5.58.